The lowest BCUT2D eigenvalue weighted by Gasteiger charge is -2.28. The van der Waals surface area contributed by atoms with Crippen molar-refractivity contribution >= 4 is 33.3 Å². The van der Waals surface area contributed by atoms with E-state index in [0.29, 0.717) is 29.5 Å². The normalized spacial score (nSPS) is 26.6. The minimum absolute atomic E-state index is 0.400. The number of aliphatic hydroxyl groups excluding tert-OH is 2. The molecule has 38 heavy (non-hydrogen) atoms. The summed E-state index contributed by atoms with van der Waals surface area (Å²) in [6.45, 7) is 12.6. The van der Waals surface area contributed by atoms with Crippen LogP contribution in [0.5, 0.6) is 0 Å². The van der Waals surface area contributed by atoms with Gasteiger partial charge in [0.2, 0.25) is 5.95 Å². The monoisotopic (exact) mass is 540 g/mol. The zero-order valence-electron chi connectivity index (χ0n) is 23.1. The molecule has 5 rings (SSSR count). The summed E-state index contributed by atoms with van der Waals surface area (Å²) in [5, 5.41) is 39.8. The fourth-order valence-electron chi connectivity index (χ4n) is 6.21. The number of aryl methyl sites for hydroxylation is 2. The zero-order chi connectivity index (χ0) is 27.4. The van der Waals surface area contributed by atoms with Crippen molar-refractivity contribution in [2.75, 3.05) is 17.2 Å². The molecule has 2 saturated carbocycles. The molecule has 10 heteroatoms. The largest absolute Gasteiger partial charge is 0.390 e. The first-order valence-electron chi connectivity index (χ1n) is 13.7. The fourth-order valence-corrected chi connectivity index (χ4v) is 7.32. The van der Waals surface area contributed by atoms with Gasteiger partial charge in [0.15, 0.2) is 0 Å². The summed E-state index contributed by atoms with van der Waals surface area (Å²) in [5.41, 5.74) is 2.55. The number of anilines is 2. The quantitative estimate of drug-likeness (QED) is 0.269. The average Bonchev–Trinajstić information content (AvgIpc) is 3.28. The molecule has 2 aliphatic carbocycles. The summed E-state index contributed by atoms with van der Waals surface area (Å²) in [4.78, 5) is 18.9. The Balaban J connectivity index is 1.49. The molecule has 2 aliphatic rings. The molecule has 2 fully saturated rings. The Morgan fingerprint density at radius 3 is 2.42 bits per heavy atom. The van der Waals surface area contributed by atoms with Crippen LogP contribution in [0.2, 0.25) is 0 Å². The highest BCUT2D eigenvalue weighted by Gasteiger charge is 2.50. The van der Waals surface area contributed by atoms with Gasteiger partial charge in [0, 0.05) is 18.7 Å². The Kier molecular flexibility index (Phi) is 7.13. The van der Waals surface area contributed by atoms with Crippen molar-refractivity contribution < 1.29 is 15.3 Å². The lowest BCUT2D eigenvalue weighted by Crippen LogP contribution is -2.40. The molecule has 0 aromatic carbocycles. The standard InChI is InChI=1S/C28H40N6O3S/c1-7-28(8-2)12-16(28)13-30-26-31-14(3)20(25-33-21-15(4)29-10-9-19(21)38-25)24(34-26)32-18-11-17(27(5,6)37)22(35)23(18)36/h9-10,16-18,22-23,35-37H,7-8,11-13H2,1-6H3,(H2,30,31,32,34)/t16?,17-,18?,22+,23-/m0/s1. The summed E-state index contributed by atoms with van der Waals surface area (Å²) in [6, 6.07) is 1.47. The van der Waals surface area contributed by atoms with Gasteiger partial charge in [-0.1, -0.05) is 26.7 Å². The van der Waals surface area contributed by atoms with Gasteiger partial charge >= 0.3 is 0 Å². The fraction of sp³-hybridized carbons (Fsp3) is 0.643. The Morgan fingerprint density at radius 1 is 1.08 bits per heavy atom. The van der Waals surface area contributed by atoms with Crippen LogP contribution in [-0.2, 0) is 0 Å². The van der Waals surface area contributed by atoms with Gasteiger partial charge in [-0.2, -0.15) is 4.98 Å². The van der Waals surface area contributed by atoms with Gasteiger partial charge in [0.05, 0.1) is 39.4 Å². The van der Waals surface area contributed by atoms with E-state index in [1.807, 2.05) is 19.9 Å². The van der Waals surface area contributed by atoms with Gasteiger partial charge < -0.3 is 26.0 Å². The van der Waals surface area contributed by atoms with Crippen molar-refractivity contribution in [1.29, 1.82) is 0 Å². The lowest BCUT2D eigenvalue weighted by atomic mass is 9.88. The van der Waals surface area contributed by atoms with Gasteiger partial charge in [-0.25, -0.2) is 9.97 Å². The molecule has 5 atom stereocenters. The second-order valence-corrected chi connectivity index (χ2v) is 12.7. The molecular weight excluding hydrogens is 500 g/mol. The van der Waals surface area contributed by atoms with E-state index in [1.165, 1.54) is 19.3 Å². The molecule has 0 radical (unpaired) electrons. The summed E-state index contributed by atoms with van der Waals surface area (Å²) < 4.78 is 1.03. The van der Waals surface area contributed by atoms with E-state index in [-0.39, 0.29) is 0 Å². The van der Waals surface area contributed by atoms with E-state index in [4.69, 9.17) is 15.0 Å². The summed E-state index contributed by atoms with van der Waals surface area (Å²) in [5.74, 6) is 1.23. The number of rotatable bonds is 9. The van der Waals surface area contributed by atoms with Crippen LogP contribution in [0.25, 0.3) is 20.8 Å². The molecule has 2 unspecified atom stereocenters. The lowest BCUT2D eigenvalue weighted by molar-refractivity contribution is -0.0601. The molecule has 9 nitrogen and oxygen atoms in total. The molecule has 3 aromatic rings. The van der Waals surface area contributed by atoms with E-state index < -0.39 is 29.8 Å². The van der Waals surface area contributed by atoms with Crippen molar-refractivity contribution in [3.63, 3.8) is 0 Å². The van der Waals surface area contributed by atoms with Crippen LogP contribution in [0, 0.1) is 31.1 Å². The second-order valence-electron chi connectivity index (χ2n) is 11.7. The number of aromatic nitrogens is 4. The molecule has 0 amide bonds. The number of pyridine rings is 1. The number of nitrogens with zero attached hydrogens (tertiary/aromatic N) is 4. The molecule has 0 saturated heterocycles. The molecule has 0 spiro atoms. The second kappa shape index (κ2) is 9.97. The van der Waals surface area contributed by atoms with E-state index in [2.05, 4.69) is 29.5 Å². The highest BCUT2D eigenvalue weighted by molar-refractivity contribution is 7.21. The van der Waals surface area contributed by atoms with E-state index >= 15 is 0 Å². The Morgan fingerprint density at radius 2 is 1.82 bits per heavy atom. The van der Waals surface area contributed by atoms with Crippen LogP contribution < -0.4 is 10.6 Å². The van der Waals surface area contributed by atoms with E-state index in [9.17, 15) is 15.3 Å². The first kappa shape index (κ1) is 27.2. The van der Waals surface area contributed by atoms with Crippen LogP contribution in [0.3, 0.4) is 0 Å². The van der Waals surface area contributed by atoms with Gasteiger partial charge in [0.25, 0.3) is 0 Å². The molecule has 5 N–H and O–H groups in total. The van der Waals surface area contributed by atoms with Crippen molar-refractivity contribution in [2.24, 2.45) is 17.3 Å². The topological polar surface area (TPSA) is 136 Å². The number of hydrogen-bond acceptors (Lipinski definition) is 10. The van der Waals surface area contributed by atoms with E-state index in [0.717, 1.165) is 38.7 Å². The third kappa shape index (κ3) is 4.87. The Bertz CT molecular complexity index is 1320. The van der Waals surface area contributed by atoms with Crippen LogP contribution in [-0.4, -0.2) is 65.7 Å². The number of hydrogen-bond donors (Lipinski definition) is 5. The molecule has 0 aliphatic heterocycles. The van der Waals surface area contributed by atoms with Crippen LogP contribution in [0.15, 0.2) is 12.3 Å². The maximum absolute atomic E-state index is 10.9. The molecule has 0 bridgehead atoms. The highest BCUT2D eigenvalue weighted by atomic mass is 32.1. The average molecular weight is 541 g/mol. The maximum Gasteiger partial charge on any atom is 0.224 e. The number of fused-ring (bicyclic) bond motifs is 1. The van der Waals surface area contributed by atoms with Gasteiger partial charge in [0.1, 0.15) is 22.4 Å². The number of thiazole rings is 1. The van der Waals surface area contributed by atoms with Gasteiger partial charge in [-0.15, -0.1) is 11.3 Å². The van der Waals surface area contributed by atoms with Gasteiger partial charge in [-0.3, -0.25) is 4.98 Å². The molecule has 3 heterocycles. The van der Waals surface area contributed by atoms with Crippen LogP contribution in [0.1, 0.15) is 64.8 Å². The van der Waals surface area contributed by atoms with E-state index in [1.54, 1.807) is 31.4 Å². The summed E-state index contributed by atoms with van der Waals surface area (Å²) in [7, 11) is 0. The van der Waals surface area contributed by atoms with Crippen molar-refractivity contribution in [3.05, 3.63) is 23.7 Å². The van der Waals surface area contributed by atoms with Crippen molar-refractivity contribution in [1.82, 2.24) is 19.9 Å². The first-order chi connectivity index (χ1) is 18.0. The van der Waals surface area contributed by atoms with Crippen molar-refractivity contribution in [2.45, 2.75) is 91.1 Å². The Labute approximate surface area is 228 Å². The van der Waals surface area contributed by atoms with Crippen molar-refractivity contribution in [3.8, 4) is 10.6 Å². The molecular formula is C28H40N6O3S. The van der Waals surface area contributed by atoms with Crippen LogP contribution >= 0.6 is 11.3 Å². The summed E-state index contributed by atoms with van der Waals surface area (Å²) >= 11 is 1.55. The van der Waals surface area contributed by atoms with Crippen LogP contribution in [0.4, 0.5) is 11.8 Å². The predicted octanol–water partition coefficient (Wildman–Crippen LogP) is 4.30. The number of aliphatic hydroxyl groups is 3. The zero-order valence-corrected chi connectivity index (χ0v) is 23.9. The van der Waals surface area contributed by atoms with Gasteiger partial charge in [-0.05, 0) is 57.9 Å². The third-order valence-electron chi connectivity index (χ3n) is 8.98. The maximum atomic E-state index is 10.9. The summed E-state index contributed by atoms with van der Waals surface area (Å²) in [6.07, 6.45) is 3.67. The minimum atomic E-state index is -1.12. The number of nitrogens with one attached hydrogen (secondary N) is 2. The predicted molar refractivity (Wildman–Crippen MR) is 151 cm³/mol. The Hall–Kier alpha value is -2.40. The molecule has 3 aromatic heterocycles. The third-order valence-corrected chi connectivity index (χ3v) is 10.0. The minimum Gasteiger partial charge on any atom is -0.390 e. The smallest absolute Gasteiger partial charge is 0.224 e. The first-order valence-corrected chi connectivity index (χ1v) is 14.5. The highest BCUT2D eigenvalue weighted by Crippen LogP contribution is 2.57. The molecule has 206 valence electrons. The SMILES string of the molecule is CCC1(CC)CC1CNc1nc(C)c(-c2nc3c(C)nccc3s2)c(NC2C[C@H](C(C)(C)O)[C@@H](O)[C@H]2O)n1.